The smallest absolute Gasteiger partial charge is 0.224 e. The molecule has 0 saturated heterocycles. The van der Waals surface area contributed by atoms with Crippen LogP contribution >= 0.6 is 35.3 Å². The summed E-state index contributed by atoms with van der Waals surface area (Å²) in [5.74, 6) is 0.961. The molecule has 0 aromatic carbocycles. The van der Waals surface area contributed by atoms with Gasteiger partial charge in [-0.1, -0.05) is 0 Å². The van der Waals surface area contributed by atoms with Crippen LogP contribution in [0, 0.1) is 0 Å². The second-order valence-electron chi connectivity index (χ2n) is 7.09. The minimum Gasteiger partial charge on any atom is -0.393 e. The number of aliphatic imine (C=N–C) groups is 1. The van der Waals surface area contributed by atoms with E-state index in [1.807, 2.05) is 11.8 Å². The fraction of sp³-hybridized carbons (Fsp3) is 0.684. The molecule has 0 unspecified atom stereocenters. The second kappa shape index (κ2) is 11.2. The van der Waals surface area contributed by atoms with Crippen LogP contribution in [0.4, 0.5) is 0 Å². The lowest BCUT2D eigenvalue weighted by Crippen LogP contribution is -2.45. The van der Waals surface area contributed by atoms with Gasteiger partial charge in [0.15, 0.2) is 5.96 Å². The summed E-state index contributed by atoms with van der Waals surface area (Å²) in [5.41, 5.74) is 1.30. The molecule has 3 rings (SSSR count). The van der Waals surface area contributed by atoms with Gasteiger partial charge in [0.25, 0.3) is 0 Å². The topological polar surface area (TPSA) is 77.0 Å². The summed E-state index contributed by atoms with van der Waals surface area (Å²) in [6.07, 6.45) is 4.87. The van der Waals surface area contributed by atoms with Gasteiger partial charge in [-0.25, -0.2) is 0 Å². The Kier molecular flexibility index (Phi) is 9.31. The Morgan fingerprint density at radius 3 is 2.89 bits per heavy atom. The molecule has 2 aliphatic rings. The molecule has 1 aliphatic heterocycles. The molecule has 1 aromatic rings. The maximum atomic E-state index is 12.5. The van der Waals surface area contributed by atoms with Crippen LogP contribution < -0.4 is 10.6 Å². The van der Waals surface area contributed by atoms with E-state index in [4.69, 9.17) is 0 Å². The Morgan fingerprint density at radius 2 is 2.15 bits per heavy atom. The average Bonchev–Trinajstić information content (AvgIpc) is 3.11. The predicted molar refractivity (Wildman–Crippen MR) is 121 cm³/mol. The molecule has 0 atom stereocenters. The van der Waals surface area contributed by atoms with Crippen molar-refractivity contribution in [3.8, 4) is 0 Å². The average molecular weight is 506 g/mol. The Morgan fingerprint density at radius 1 is 1.37 bits per heavy atom. The number of aliphatic hydroxyl groups is 1. The molecule has 152 valence electrons. The molecular weight excluding hydrogens is 475 g/mol. The molecule has 1 saturated carbocycles. The summed E-state index contributed by atoms with van der Waals surface area (Å²) >= 11 is 1.79. The van der Waals surface area contributed by atoms with Gasteiger partial charge in [0.1, 0.15) is 0 Å². The van der Waals surface area contributed by atoms with E-state index in [2.05, 4.69) is 27.1 Å². The Bertz CT molecular complexity index is 629. The maximum Gasteiger partial charge on any atom is 0.224 e. The highest BCUT2D eigenvalue weighted by Gasteiger charge is 2.22. The van der Waals surface area contributed by atoms with Crippen LogP contribution in [-0.4, -0.2) is 53.7 Å². The highest BCUT2D eigenvalue weighted by Crippen LogP contribution is 2.24. The van der Waals surface area contributed by atoms with Crippen molar-refractivity contribution >= 4 is 47.2 Å². The highest BCUT2D eigenvalue weighted by molar-refractivity contribution is 14.0. The van der Waals surface area contributed by atoms with Crippen LogP contribution in [0.15, 0.2) is 16.4 Å². The summed E-state index contributed by atoms with van der Waals surface area (Å²) in [7, 11) is 0. The first kappa shape index (κ1) is 22.4. The van der Waals surface area contributed by atoms with E-state index >= 15 is 0 Å². The zero-order chi connectivity index (χ0) is 18.4. The molecule has 0 radical (unpaired) electrons. The molecule has 1 aromatic heterocycles. The number of guanidine groups is 1. The predicted octanol–water partition coefficient (Wildman–Crippen LogP) is 2.50. The number of carbonyl (C=O) groups is 1. The maximum absolute atomic E-state index is 12.5. The van der Waals surface area contributed by atoms with Crippen LogP contribution in [0.25, 0.3) is 0 Å². The Hall–Kier alpha value is -0.870. The van der Waals surface area contributed by atoms with Gasteiger partial charge in [0.05, 0.1) is 12.6 Å². The van der Waals surface area contributed by atoms with Crippen molar-refractivity contribution in [1.29, 1.82) is 0 Å². The zero-order valence-electron chi connectivity index (χ0n) is 15.9. The molecule has 8 heteroatoms. The normalized spacial score (nSPS) is 22.6. The second-order valence-corrected chi connectivity index (χ2v) is 8.10. The van der Waals surface area contributed by atoms with Gasteiger partial charge in [-0.05, 0) is 56.0 Å². The molecule has 2 heterocycles. The number of hydrogen-bond donors (Lipinski definition) is 3. The zero-order valence-corrected chi connectivity index (χ0v) is 19.1. The third kappa shape index (κ3) is 6.60. The van der Waals surface area contributed by atoms with Crippen LogP contribution in [0.3, 0.4) is 0 Å². The minimum atomic E-state index is -0.154. The number of thiophene rings is 1. The van der Waals surface area contributed by atoms with Crippen molar-refractivity contribution < 1.29 is 9.90 Å². The number of rotatable bonds is 5. The fourth-order valence-electron chi connectivity index (χ4n) is 3.62. The monoisotopic (exact) mass is 506 g/mol. The fourth-order valence-corrected chi connectivity index (χ4v) is 4.51. The van der Waals surface area contributed by atoms with Gasteiger partial charge >= 0.3 is 0 Å². The number of nitrogens with one attached hydrogen (secondary N) is 2. The quantitative estimate of drug-likeness (QED) is 0.326. The largest absolute Gasteiger partial charge is 0.393 e. The molecular formula is C19H31IN4O2S. The lowest BCUT2D eigenvalue weighted by Gasteiger charge is -2.28. The number of hydrogen-bond acceptors (Lipinski definition) is 4. The number of nitrogens with zero attached hydrogens (tertiary/aromatic N) is 2. The molecule has 1 aliphatic carbocycles. The van der Waals surface area contributed by atoms with Gasteiger partial charge < -0.3 is 20.6 Å². The van der Waals surface area contributed by atoms with E-state index in [0.29, 0.717) is 19.0 Å². The molecule has 6 nitrogen and oxygen atoms in total. The van der Waals surface area contributed by atoms with Gasteiger partial charge in [-0.3, -0.25) is 9.79 Å². The third-order valence-corrected chi connectivity index (χ3v) is 6.16. The Balaban J connectivity index is 0.00000261. The van der Waals surface area contributed by atoms with E-state index in [0.717, 1.165) is 57.7 Å². The first-order chi connectivity index (χ1) is 12.7. The first-order valence-electron chi connectivity index (χ1n) is 9.71. The lowest BCUT2D eigenvalue weighted by molar-refractivity contribution is -0.131. The summed E-state index contributed by atoms with van der Waals surface area (Å²) in [5, 5.41) is 18.4. The van der Waals surface area contributed by atoms with Gasteiger partial charge in [0.2, 0.25) is 5.91 Å². The number of fused-ring (bicyclic) bond motifs is 1. The summed E-state index contributed by atoms with van der Waals surface area (Å²) in [6, 6.07) is 2.48. The van der Waals surface area contributed by atoms with Gasteiger partial charge in [-0.15, -0.1) is 35.3 Å². The van der Waals surface area contributed by atoms with Crippen molar-refractivity contribution in [2.24, 2.45) is 4.99 Å². The van der Waals surface area contributed by atoms with Gasteiger partial charge in [-0.2, -0.15) is 0 Å². The third-order valence-electron chi connectivity index (χ3n) is 5.14. The first-order valence-corrected chi connectivity index (χ1v) is 10.6. The molecule has 1 fully saturated rings. The van der Waals surface area contributed by atoms with Crippen molar-refractivity contribution in [2.45, 2.75) is 64.1 Å². The van der Waals surface area contributed by atoms with Crippen molar-refractivity contribution in [3.05, 3.63) is 21.9 Å². The molecule has 27 heavy (non-hydrogen) atoms. The standard InChI is InChI=1S/C19H30N4O2S.HI/c1-2-20-19(22-15-3-5-16(24)6-4-15)21-10-7-18(25)23-11-8-17-14(13-23)9-12-26-17;/h9,12,15-16,24H,2-8,10-11,13H2,1H3,(H2,20,21,22);1H. The van der Waals surface area contributed by atoms with Crippen molar-refractivity contribution in [3.63, 3.8) is 0 Å². The highest BCUT2D eigenvalue weighted by atomic mass is 127. The van der Waals surface area contributed by atoms with Crippen LogP contribution in [0.2, 0.25) is 0 Å². The summed E-state index contributed by atoms with van der Waals surface area (Å²) < 4.78 is 0. The lowest BCUT2D eigenvalue weighted by atomic mass is 9.93. The number of aliphatic hydroxyl groups excluding tert-OH is 1. The molecule has 3 N–H and O–H groups in total. The Labute approximate surface area is 182 Å². The van der Waals surface area contributed by atoms with Crippen LogP contribution in [0.1, 0.15) is 49.5 Å². The SMILES string of the molecule is CCNC(=NCCC(=O)N1CCc2sccc2C1)NC1CCC(O)CC1.I. The molecule has 0 bridgehead atoms. The van der Waals surface area contributed by atoms with E-state index in [9.17, 15) is 9.90 Å². The van der Waals surface area contributed by atoms with E-state index in [1.54, 1.807) is 11.3 Å². The van der Waals surface area contributed by atoms with E-state index < -0.39 is 0 Å². The minimum absolute atomic E-state index is 0. The van der Waals surface area contributed by atoms with Crippen molar-refractivity contribution in [1.82, 2.24) is 15.5 Å². The van der Waals surface area contributed by atoms with Gasteiger partial charge in [0, 0.05) is 37.0 Å². The van der Waals surface area contributed by atoms with Crippen LogP contribution in [-0.2, 0) is 17.8 Å². The number of amides is 1. The summed E-state index contributed by atoms with van der Waals surface area (Å²) in [6.45, 7) is 4.89. The molecule has 1 amide bonds. The van der Waals surface area contributed by atoms with E-state index in [-0.39, 0.29) is 36.0 Å². The van der Waals surface area contributed by atoms with E-state index in [1.165, 1.54) is 10.4 Å². The van der Waals surface area contributed by atoms with Crippen molar-refractivity contribution in [2.75, 3.05) is 19.6 Å². The summed E-state index contributed by atoms with van der Waals surface area (Å²) in [4.78, 5) is 20.4. The number of halogens is 1. The molecule has 0 spiro atoms. The van der Waals surface area contributed by atoms with Crippen LogP contribution in [0.5, 0.6) is 0 Å². The number of carbonyl (C=O) groups excluding carboxylic acids is 1.